The first-order valence-electron chi connectivity index (χ1n) is 10.9. The Labute approximate surface area is 183 Å². The van der Waals surface area contributed by atoms with Crippen molar-refractivity contribution in [2.45, 2.75) is 39.2 Å². The van der Waals surface area contributed by atoms with Gasteiger partial charge in [-0.1, -0.05) is 37.3 Å². The topological polar surface area (TPSA) is 66.9 Å². The maximum Gasteiger partial charge on any atom is 0.260 e. The number of carbonyl (C=O) groups excluding carboxylic acids is 3. The lowest BCUT2D eigenvalue weighted by atomic mass is 10.0. The summed E-state index contributed by atoms with van der Waals surface area (Å²) in [6.07, 6.45) is 2.36. The Morgan fingerprint density at radius 2 is 1.68 bits per heavy atom. The molecule has 0 aliphatic carbocycles. The van der Waals surface area contributed by atoms with Crippen LogP contribution in [0.1, 0.15) is 53.8 Å². The first-order chi connectivity index (χ1) is 15.0. The SMILES string of the molecule is CCCN(C(=O)COc1cccc(C(C)=O)c1)C1CCN(C(=O)c2ccccc2)CC1. The Morgan fingerprint density at radius 3 is 2.32 bits per heavy atom. The van der Waals surface area contributed by atoms with Crippen LogP contribution in [0.25, 0.3) is 0 Å². The Hall–Kier alpha value is -3.15. The van der Waals surface area contributed by atoms with Gasteiger partial charge in [-0.2, -0.15) is 0 Å². The number of benzene rings is 2. The van der Waals surface area contributed by atoms with Crippen LogP contribution in [0.15, 0.2) is 54.6 Å². The predicted molar refractivity (Wildman–Crippen MR) is 119 cm³/mol. The van der Waals surface area contributed by atoms with Crippen LogP contribution >= 0.6 is 0 Å². The zero-order valence-corrected chi connectivity index (χ0v) is 18.3. The molecule has 0 N–H and O–H groups in total. The van der Waals surface area contributed by atoms with Gasteiger partial charge in [0.15, 0.2) is 12.4 Å². The van der Waals surface area contributed by atoms with Gasteiger partial charge in [-0.05, 0) is 50.5 Å². The van der Waals surface area contributed by atoms with Crippen LogP contribution in [0, 0.1) is 0 Å². The number of hydrogen-bond acceptors (Lipinski definition) is 4. The molecule has 2 amide bonds. The van der Waals surface area contributed by atoms with Crippen molar-refractivity contribution in [2.24, 2.45) is 0 Å². The molecule has 6 nitrogen and oxygen atoms in total. The van der Waals surface area contributed by atoms with Gasteiger partial charge in [0.05, 0.1) is 0 Å². The molecule has 2 aromatic rings. The summed E-state index contributed by atoms with van der Waals surface area (Å²) in [4.78, 5) is 40.9. The number of Topliss-reactive ketones (excluding diaryl/α,β-unsaturated/α-hetero) is 1. The molecule has 0 radical (unpaired) electrons. The highest BCUT2D eigenvalue weighted by Crippen LogP contribution is 2.20. The lowest BCUT2D eigenvalue weighted by Gasteiger charge is -2.38. The molecule has 0 bridgehead atoms. The number of piperidine rings is 1. The fraction of sp³-hybridized carbons (Fsp3) is 0.400. The molecule has 0 atom stereocenters. The Morgan fingerprint density at radius 1 is 1.00 bits per heavy atom. The van der Waals surface area contributed by atoms with Crippen LogP contribution < -0.4 is 4.74 Å². The molecule has 2 aromatic carbocycles. The fourth-order valence-electron chi connectivity index (χ4n) is 3.93. The third kappa shape index (κ3) is 5.94. The van der Waals surface area contributed by atoms with E-state index >= 15 is 0 Å². The Bertz CT molecular complexity index is 905. The minimum Gasteiger partial charge on any atom is -0.484 e. The molecule has 1 aliphatic rings. The van der Waals surface area contributed by atoms with E-state index in [4.69, 9.17) is 4.74 Å². The number of carbonyl (C=O) groups is 3. The summed E-state index contributed by atoms with van der Waals surface area (Å²) < 4.78 is 5.69. The number of hydrogen-bond donors (Lipinski definition) is 0. The van der Waals surface area contributed by atoms with E-state index in [0.717, 1.165) is 19.3 Å². The molecular formula is C25H30N2O4. The van der Waals surface area contributed by atoms with E-state index in [1.807, 2.05) is 47.1 Å². The van der Waals surface area contributed by atoms with E-state index in [0.29, 0.717) is 36.5 Å². The van der Waals surface area contributed by atoms with E-state index in [2.05, 4.69) is 0 Å². The van der Waals surface area contributed by atoms with Crippen LogP contribution in [0.2, 0.25) is 0 Å². The molecule has 0 spiro atoms. The van der Waals surface area contributed by atoms with Crippen LogP contribution in [-0.4, -0.2) is 59.7 Å². The summed E-state index contributed by atoms with van der Waals surface area (Å²) in [6, 6.07) is 16.3. The normalized spacial score (nSPS) is 14.2. The van der Waals surface area contributed by atoms with Crippen molar-refractivity contribution in [3.8, 4) is 5.75 Å². The van der Waals surface area contributed by atoms with Crippen molar-refractivity contribution in [1.29, 1.82) is 0 Å². The molecule has 1 fully saturated rings. The van der Waals surface area contributed by atoms with Gasteiger partial charge < -0.3 is 14.5 Å². The standard InChI is InChI=1S/C25H30N2O4/c1-3-14-27(24(29)18-31-23-11-7-10-21(17-23)19(2)28)22-12-15-26(16-13-22)25(30)20-8-5-4-6-9-20/h4-11,17,22H,3,12-16,18H2,1-2H3. The van der Waals surface area contributed by atoms with E-state index in [1.54, 1.807) is 24.3 Å². The summed E-state index contributed by atoms with van der Waals surface area (Å²) in [6.45, 7) is 5.41. The summed E-state index contributed by atoms with van der Waals surface area (Å²) >= 11 is 0. The molecule has 1 saturated heterocycles. The molecule has 0 unspecified atom stereocenters. The maximum absolute atomic E-state index is 12.9. The van der Waals surface area contributed by atoms with Crippen LogP contribution in [0.4, 0.5) is 0 Å². The number of likely N-dealkylation sites (tertiary alicyclic amines) is 1. The van der Waals surface area contributed by atoms with Crippen LogP contribution in [0.5, 0.6) is 5.75 Å². The zero-order valence-electron chi connectivity index (χ0n) is 18.3. The number of ketones is 1. The third-order valence-corrected chi connectivity index (χ3v) is 5.60. The second-order valence-electron chi connectivity index (χ2n) is 7.85. The molecular weight excluding hydrogens is 392 g/mol. The van der Waals surface area contributed by atoms with Crippen molar-refractivity contribution in [3.05, 3.63) is 65.7 Å². The second kappa shape index (κ2) is 10.8. The number of rotatable bonds is 8. The average molecular weight is 423 g/mol. The van der Waals surface area contributed by atoms with Crippen molar-refractivity contribution in [3.63, 3.8) is 0 Å². The highest BCUT2D eigenvalue weighted by molar-refractivity contribution is 5.94. The quantitative estimate of drug-likeness (QED) is 0.607. The van der Waals surface area contributed by atoms with Crippen molar-refractivity contribution in [1.82, 2.24) is 9.80 Å². The predicted octanol–water partition coefficient (Wildman–Crippen LogP) is 3.81. The number of ether oxygens (including phenoxy) is 1. The fourth-order valence-corrected chi connectivity index (χ4v) is 3.93. The lowest BCUT2D eigenvalue weighted by molar-refractivity contribution is -0.136. The third-order valence-electron chi connectivity index (χ3n) is 5.60. The molecule has 1 heterocycles. The minimum absolute atomic E-state index is 0.0406. The van der Waals surface area contributed by atoms with Gasteiger partial charge >= 0.3 is 0 Å². The molecule has 6 heteroatoms. The minimum atomic E-state index is -0.0667. The molecule has 1 aliphatic heterocycles. The van der Waals surface area contributed by atoms with E-state index in [9.17, 15) is 14.4 Å². The van der Waals surface area contributed by atoms with Crippen molar-refractivity contribution < 1.29 is 19.1 Å². The summed E-state index contributed by atoms with van der Waals surface area (Å²) in [5.41, 5.74) is 1.26. The molecule has 31 heavy (non-hydrogen) atoms. The molecule has 164 valence electrons. The summed E-state index contributed by atoms with van der Waals surface area (Å²) in [5, 5.41) is 0. The van der Waals surface area contributed by atoms with Crippen molar-refractivity contribution in [2.75, 3.05) is 26.2 Å². The van der Waals surface area contributed by atoms with Gasteiger partial charge in [-0.15, -0.1) is 0 Å². The highest BCUT2D eigenvalue weighted by Gasteiger charge is 2.29. The van der Waals surface area contributed by atoms with Gasteiger partial charge in [0, 0.05) is 36.8 Å². The Balaban J connectivity index is 1.56. The van der Waals surface area contributed by atoms with Gasteiger partial charge in [-0.3, -0.25) is 14.4 Å². The maximum atomic E-state index is 12.9. The smallest absolute Gasteiger partial charge is 0.260 e. The second-order valence-corrected chi connectivity index (χ2v) is 7.85. The zero-order chi connectivity index (χ0) is 22.2. The molecule has 0 aromatic heterocycles. The average Bonchev–Trinajstić information content (AvgIpc) is 2.81. The van der Waals surface area contributed by atoms with Crippen LogP contribution in [-0.2, 0) is 4.79 Å². The van der Waals surface area contributed by atoms with E-state index in [-0.39, 0.29) is 30.2 Å². The van der Waals surface area contributed by atoms with Gasteiger partial charge in [0.1, 0.15) is 5.75 Å². The number of amides is 2. The van der Waals surface area contributed by atoms with Gasteiger partial charge in [-0.25, -0.2) is 0 Å². The van der Waals surface area contributed by atoms with Gasteiger partial charge in [0.25, 0.3) is 11.8 Å². The van der Waals surface area contributed by atoms with Crippen LogP contribution in [0.3, 0.4) is 0 Å². The Kier molecular flexibility index (Phi) is 7.82. The van der Waals surface area contributed by atoms with E-state index in [1.165, 1.54) is 6.92 Å². The first-order valence-corrected chi connectivity index (χ1v) is 10.9. The first kappa shape index (κ1) is 22.5. The lowest BCUT2D eigenvalue weighted by Crippen LogP contribution is -2.50. The highest BCUT2D eigenvalue weighted by atomic mass is 16.5. The van der Waals surface area contributed by atoms with Crippen molar-refractivity contribution >= 4 is 17.6 Å². The van der Waals surface area contributed by atoms with Gasteiger partial charge in [0.2, 0.25) is 0 Å². The largest absolute Gasteiger partial charge is 0.484 e. The molecule has 3 rings (SSSR count). The summed E-state index contributed by atoms with van der Waals surface area (Å²) in [7, 11) is 0. The summed E-state index contributed by atoms with van der Waals surface area (Å²) in [5.74, 6) is 0.450. The monoisotopic (exact) mass is 422 g/mol. The molecule has 0 saturated carbocycles. The number of nitrogens with zero attached hydrogens (tertiary/aromatic N) is 2. The van der Waals surface area contributed by atoms with E-state index < -0.39 is 0 Å².